The van der Waals surface area contributed by atoms with Gasteiger partial charge in [-0.05, 0) is 24.6 Å². The number of methoxy groups -OCH3 is 1. The van der Waals surface area contributed by atoms with Gasteiger partial charge in [-0.1, -0.05) is 30.3 Å². The molecule has 2 atom stereocenters. The fourth-order valence-corrected chi connectivity index (χ4v) is 2.95. The second-order valence-corrected chi connectivity index (χ2v) is 6.02. The summed E-state index contributed by atoms with van der Waals surface area (Å²) in [5.41, 5.74) is 13.5. The van der Waals surface area contributed by atoms with Crippen molar-refractivity contribution in [3.05, 3.63) is 59.9 Å². The largest absolute Gasteiger partial charge is 0.496 e. The van der Waals surface area contributed by atoms with Gasteiger partial charge in [-0.15, -0.1) is 0 Å². The molecule has 0 saturated carbocycles. The molecule has 5 N–H and O–H groups in total. The van der Waals surface area contributed by atoms with E-state index >= 15 is 0 Å². The predicted molar refractivity (Wildman–Crippen MR) is 101 cm³/mol. The van der Waals surface area contributed by atoms with Gasteiger partial charge >= 0.3 is 0 Å². The molecule has 7 nitrogen and oxygen atoms in total. The molecule has 26 heavy (non-hydrogen) atoms. The van der Waals surface area contributed by atoms with Gasteiger partial charge in [-0.3, -0.25) is 4.79 Å². The zero-order valence-electron chi connectivity index (χ0n) is 14.6. The van der Waals surface area contributed by atoms with Crippen LogP contribution in [-0.2, 0) is 0 Å². The highest BCUT2D eigenvalue weighted by atomic mass is 16.5. The minimum absolute atomic E-state index is 0.184. The fraction of sp³-hybridized carbons (Fsp3) is 0.211. The minimum Gasteiger partial charge on any atom is -0.496 e. The molecule has 0 spiro atoms. The van der Waals surface area contributed by atoms with Crippen LogP contribution in [0.3, 0.4) is 0 Å². The first-order chi connectivity index (χ1) is 12.5. The third kappa shape index (κ3) is 3.29. The summed E-state index contributed by atoms with van der Waals surface area (Å²) in [5.74, 6) is 0.514. The van der Waals surface area contributed by atoms with Crippen LogP contribution in [0.5, 0.6) is 5.75 Å². The lowest BCUT2D eigenvalue weighted by molar-refractivity contribution is 0.100. The summed E-state index contributed by atoms with van der Waals surface area (Å²) in [5, 5.41) is 3.96. The maximum Gasteiger partial charge on any atom is 0.250 e. The van der Waals surface area contributed by atoms with Crippen LogP contribution in [0.25, 0.3) is 10.9 Å². The average molecular weight is 351 g/mol. The summed E-state index contributed by atoms with van der Waals surface area (Å²) in [6, 6.07) is 12.8. The summed E-state index contributed by atoms with van der Waals surface area (Å²) in [4.78, 5) is 20.3. The number of nitrogens with zero attached hydrogens (tertiary/aromatic N) is 2. The Labute approximate surface area is 151 Å². The molecule has 3 aromatic rings. The Balaban J connectivity index is 2.15. The van der Waals surface area contributed by atoms with E-state index in [9.17, 15) is 4.79 Å². The van der Waals surface area contributed by atoms with Crippen LogP contribution in [0.2, 0.25) is 0 Å². The summed E-state index contributed by atoms with van der Waals surface area (Å²) in [6.07, 6.45) is 1.39. The first-order valence-electron chi connectivity index (χ1n) is 8.21. The molecule has 1 aromatic heterocycles. The predicted octanol–water partition coefficient (Wildman–Crippen LogP) is 2.24. The van der Waals surface area contributed by atoms with Crippen molar-refractivity contribution in [3.8, 4) is 5.75 Å². The molecular weight excluding hydrogens is 330 g/mol. The molecule has 0 fully saturated rings. The van der Waals surface area contributed by atoms with Gasteiger partial charge < -0.3 is 21.5 Å². The third-order valence-corrected chi connectivity index (χ3v) is 4.21. The molecule has 0 aliphatic heterocycles. The highest BCUT2D eigenvalue weighted by molar-refractivity contribution is 6.09. The van der Waals surface area contributed by atoms with E-state index in [0.717, 1.165) is 5.56 Å². The van der Waals surface area contributed by atoms with Crippen molar-refractivity contribution in [2.45, 2.75) is 19.0 Å². The quantitative estimate of drug-likeness (QED) is 0.627. The van der Waals surface area contributed by atoms with Gasteiger partial charge in [-0.2, -0.15) is 0 Å². The number of benzene rings is 2. The van der Waals surface area contributed by atoms with Crippen molar-refractivity contribution in [2.75, 3.05) is 12.4 Å². The number of anilines is 1. The maximum absolute atomic E-state index is 11.8. The molecule has 0 radical (unpaired) electrons. The van der Waals surface area contributed by atoms with Gasteiger partial charge in [0.05, 0.1) is 29.6 Å². The van der Waals surface area contributed by atoms with E-state index < -0.39 is 5.91 Å². The summed E-state index contributed by atoms with van der Waals surface area (Å²) in [6.45, 7) is 1.92. The number of nitrogens with one attached hydrogen (secondary N) is 1. The van der Waals surface area contributed by atoms with Crippen molar-refractivity contribution < 1.29 is 9.53 Å². The Hall–Kier alpha value is -3.19. The standard InChI is InChI=1S/C19H21N5O2/c1-11(20)16(12-6-4-3-5-7-12)24-19-15-14(26-2)9-8-13(18(21)25)17(15)22-10-23-19/h3-11,16H,20H2,1-2H3,(H2,21,25)(H,22,23,24). The highest BCUT2D eigenvalue weighted by Gasteiger charge is 2.21. The molecule has 1 heterocycles. The van der Waals surface area contributed by atoms with Crippen molar-refractivity contribution in [1.29, 1.82) is 0 Å². The van der Waals surface area contributed by atoms with E-state index in [1.165, 1.54) is 6.33 Å². The highest BCUT2D eigenvalue weighted by Crippen LogP contribution is 2.34. The molecule has 134 valence electrons. The van der Waals surface area contributed by atoms with E-state index in [1.807, 2.05) is 37.3 Å². The molecule has 3 rings (SSSR count). The number of primary amides is 1. The second kappa shape index (κ2) is 7.37. The normalized spacial score (nSPS) is 13.2. The number of aromatic nitrogens is 2. The lowest BCUT2D eigenvalue weighted by atomic mass is 10.0. The first-order valence-corrected chi connectivity index (χ1v) is 8.21. The van der Waals surface area contributed by atoms with Crippen molar-refractivity contribution in [3.63, 3.8) is 0 Å². The summed E-state index contributed by atoms with van der Waals surface area (Å²) < 4.78 is 5.45. The topological polar surface area (TPSA) is 116 Å². The SMILES string of the molecule is COc1ccc(C(N)=O)c2ncnc(NC(c3ccccc3)C(C)N)c12. The van der Waals surface area contributed by atoms with Gasteiger partial charge in [0.25, 0.3) is 5.91 Å². The summed E-state index contributed by atoms with van der Waals surface area (Å²) in [7, 11) is 1.55. The minimum atomic E-state index is -0.561. The number of ether oxygens (including phenoxy) is 1. The monoisotopic (exact) mass is 351 g/mol. The van der Waals surface area contributed by atoms with Crippen molar-refractivity contribution in [2.24, 2.45) is 11.5 Å². The molecule has 0 bridgehead atoms. The number of carbonyl (C=O) groups excluding carboxylic acids is 1. The first kappa shape index (κ1) is 17.6. The van der Waals surface area contributed by atoms with E-state index in [0.29, 0.717) is 28.0 Å². The van der Waals surface area contributed by atoms with E-state index in [2.05, 4.69) is 15.3 Å². The molecular formula is C19H21N5O2. The van der Waals surface area contributed by atoms with E-state index in [4.69, 9.17) is 16.2 Å². The molecule has 2 aromatic carbocycles. The second-order valence-electron chi connectivity index (χ2n) is 6.02. The number of amides is 1. The van der Waals surface area contributed by atoms with E-state index in [-0.39, 0.29) is 12.1 Å². The lowest BCUT2D eigenvalue weighted by Crippen LogP contribution is -2.31. The van der Waals surface area contributed by atoms with Crippen LogP contribution in [0.4, 0.5) is 5.82 Å². The van der Waals surface area contributed by atoms with Gasteiger partial charge in [0.15, 0.2) is 0 Å². The number of hydrogen-bond donors (Lipinski definition) is 3. The third-order valence-electron chi connectivity index (χ3n) is 4.21. The van der Waals surface area contributed by atoms with E-state index in [1.54, 1.807) is 19.2 Å². The fourth-order valence-electron chi connectivity index (χ4n) is 2.95. The van der Waals surface area contributed by atoms with Crippen LogP contribution < -0.4 is 21.5 Å². The van der Waals surface area contributed by atoms with Crippen molar-refractivity contribution in [1.82, 2.24) is 9.97 Å². The van der Waals surface area contributed by atoms with Gasteiger partial charge in [-0.25, -0.2) is 9.97 Å². The molecule has 0 aliphatic carbocycles. The molecule has 0 saturated heterocycles. The number of nitrogens with two attached hydrogens (primary N) is 2. The lowest BCUT2D eigenvalue weighted by Gasteiger charge is -2.24. The number of fused-ring (bicyclic) bond motifs is 1. The Bertz CT molecular complexity index is 928. The average Bonchev–Trinajstić information content (AvgIpc) is 2.65. The number of carbonyl (C=O) groups is 1. The van der Waals surface area contributed by atoms with Crippen LogP contribution in [0.1, 0.15) is 28.9 Å². The van der Waals surface area contributed by atoms with Crippen LogP contribution in [-0.4, -0.2) is 29.0 Å². The molecule has 2 unspecified atom stereocenters. The molecule has 0 aliphatic rings. The van der Waals surface area contributed by atoms with Crippen LogP contribution in [0, 0.1) is 0 Å². The Morgan fingerprint density at radius 3 is 2.50 bits per heavy atom. The van der Waals surface area contributed by atoms with Crippen LogP contribution >= 0.6 is 0 Å². The van der Waals surface area contributed by atoms with Crippen molar-refractivity contribution >= 4 is 22.6 Å². The maximum atomic E-state index is 11.8. The Kier molecular flexibility index (Phi) is 4.99. The van der Waals surface area contributed by atoms with Gasteiger partial charge in [0.2, 0.25) is 0 Å². The summed E-state index contributed by atoms with van der Waals surface area (Å²) >= 11 is 0. The van der Waals surface area contributed by atoms with Gasteiger partial charge in [0.1, 0.15) is 17.9 Å². The Morgan fingerprint density at radius 1 is 1.15 bits per heavy atom. The van der Waals surface area contributed by atoms with Gasteiger partial charge in [0, 0.05) is 6.04 Å². The zero-order chi connectivity index (χ0) is 18.7. The Morgan fingerprint density at radius 2 is 1.88 bits per heavy atom. The van der Waals surface area contributed by atoms with Crippen LogP contribution in [0.15, 0.2) is 48.8 Å². The number of hydrogen-bond acceptors (Lipinski definition) is 6. The zero-order valence-corrected chi connectivity index (χ0v) is 14.6. The number of rotatable bonds is 6. The molecule has 7 heteroatoms. The molecule has 1 amide bonds. The smallest absolute Gasteiger partial charge is 0.250 e.